The standard InChI is InChI=1S/C29H21NO3/c1-2-33-29(32)26-22-17-11-5-10-16-21(22)25-23(28(31)20-14-8-4-9-15-20)18-24(30-27(25)26)19-12-6-3-7-13-19/h3-18H,2H2,1H3. The molecule has 0 N–H and O–H groups in total. The summed E-state index contributed by atoms with van der Waals surface area (Å²) in [5, 5.41) is 0.665. The number of hydrogen-bond acceptors (Lipinski definition) is 4. The van der Waals surface area contributed by atoms with Crippen LogP contribution in [0.4, 0.5) is 0 Å². The molecule has 0 atom stereocenters. The fraction of sp³-hybridized carbons (Fsp3) is 0.0690. The molecule has 160 valence electrons. The molecule has 2 aliphatic carbocycles. The summed E-state index contributed by atoms with van der Waals surface area (Å²) in [6.45, 7) is 2.03. The van der Waals surface area contributed by atoms with Crippen molar-refractivity contribution in [2.75, 3.05) is 6.61 Å². The van der Waals surface area contributed by atoms with Gasteiger partial charge in [-0.1, -0.05) is 91.0 Å². The van der Waals surface area contributed by atoms with E-state index in [1.165, 1.54) is 0 Å². The zero-order valence-electron chi connectivity index (χ0n) is 18.1. The Morgan fingerprint density at radius 1 is 0.788 bits per heavy atom. The van der Waals surface area contributed by atoms with E-state index in [-0.39, 0.29) is 12.4 Å². The van der Waals surface area contributed by atoms with Crippen LogP contribution in [-0.4, -0.2) is 23.3 Å². The number of esters is 1. The van der Waals surface area contributed by atoms with Gasteiger partial charge in [0.25, 0.3) is 0 Å². The molecular weight excluding hydrogens is 410 g/mol. The first-order valence-electron chi connectivity index (χ1n) is 10.9. The van der Waals surface area contributed by atoms with Gasteiger partial charge in [0.1, 0.15) is 0 Å². The summed E-state index contributed by atoms with van der Waals surface area (Å²) < 4.78 is 5.40. The van der Waals surface area contributed by atoms with Gasteiger partial charge >= 0.3 is 5.97 Å². The van der Waals surface area contributed by atoms with Crippen LogP contribution in [-0.2, 0) is 4.74 Å². The molecule has 0 spiro atoms. The van der Waals surface area contributed by atoms with Crippen LogP contribution in [0.1, 0.15) is 33.2 Å². The highest BCUT2D eigenvalue weighted by molar-refractivity contribution is 6.25. The predicted molar refractivity (Wildman–Crippen MR) is 130 cm³/mol. The number of carbonyl (C=O) groups excluding carboxylic acids is 2. The molecule has 0 saturated heterocycles. The lowest BCUT2D eigenvalue weighted by atomic mass is 9.97. The van der Waals surface area contributed by atoms with E-state index in [4.69, 9.17) is 9.72 Å². The summed E-state index contributed by atoms with van der Waals surface area (Å²) in [5.74, 6) is -0.562. The smallest absolute Gasteiger partial charge is 0.340 e. The van der Waals surface area contributed by atoms with Crippen molar-refractivity contribution in [2.45, 2.75) is 6.92 Å². The Labute approximate surface area is 191 Å². The minimum atomic E-state index is -0.445. The van der Waals surface area contributed by atoms with Gasteiger partial charge < -0.3 is 4.74 Å². The second-order valence-electron chi connectivity index (χ2n) is 7.67. The molecule has 4 nitrogen and oxygen atoms in total. The van der Waals surface area contributed by atoms with Crippen LogP contribution in [0, 0.1) is 0 Å². The first kappa shape index (κ1) is 20.6. The van der Waals surface area contributed by atoms with Crippen LogP contribution in [0.25, 0.3) is 33.3 Å². The average Bonchev–Trinajstić information content (AvgIpc) is 2.99. The third-order valence-electron chi connectivity index (χ3n) is 5.66. The summed E-state index contributed by atoms with van der Waals surface area (Å²) in [5.41, 5.74) is 4.97. The fourth-order valence-corrected chi connectivity index (χ4v) is 4.20. The van der Waals surface area contributed by atoms with Crippen LogP contribution in [0.2, 0.25) is 0 Å². The van der Waals surface area contributed by atoms with Gasteiger partial charge in [0.2, 0.25) is 0 Å². The van der Waals surface area contributed by atoms with E-state index in [0.717, 1.165) is 11.1 Å². The number of rotatable bonds is 5. The van der Waals surface area contributed by atoms with Crippen LogP contribution >= 0.6 is 0 Å². The Balaban J connectivity index is 1.91. The Hall–Kier alpha value is -4.31. The van der Waals surface area contributed by atoms with E-state index >= 15 is 0 Å². The van der Waals surface area contributed by atoms with Crippen molar-refractivity contribution in [1.29, 1.82) is 0 Å². The van der Waals surface area contributed by atoms with Gasteiger partial charge in [-0.3, -0.25) is 4.79 Å². The van der Waals surface area contributed by atoms with Gasteiger partial charge in [-0.25, -0.2) is 9.78 Å². The molecule has 0 bridgehead atoms. The van der Waals surface area contributed by atoms with Gasteiger partial charge in [0.15, 0.2) is 5.78 Å². The molecule has 2 aliphatic rings. The molecule has 3 aromatic rings. The Bertz CT molecular complexity index is 1440. The van der Waals surface area contributed by atoms with E-state index in [1.807, 2.05) is 84.9 Å². The summed E-state index contributed by atoms with van der Waals surface area (Å²) >= 11 is 0. The highest BCUT2D eigenvalue weighted by atomic mass is 16.5. The number of ketones is 1. The lowest BCUT2D eigenvalue weighted by Gasteiger charge is -2.09. The normalized spacial score (nSPS) is 10.9. The van der Waals surface area contributed by atoms with Crippen LogP contribution in [0.5, 0.6) is 0 Å². The van der Waals surface area contributed by atoms with Crippen molar-refractivity contribution in [3.63, 3.8) is 0 Å². The van der Waals surface area contributed by atoms with E-state index < -0.39 is 5.97 Å². The molecule has 2 aromatic carbocycles. The molecule has 0 unspecified atom stereocenters. The average molecular weight is 431 g/mol. The SMILES string of the molecule is CCOC(=O)c1c2cccccc-2c2c(C(=O)c3ccccc3)cc(-c3ccccc3)nc12. The minimum absolute atomic E-state index is 0.117. The van der Waals surface area contributed by atoms with E-state index in [2.05, 4.69) is 0 Å². The maximum absolute atomic E-state index is 13.7. The molecule has 0 aliphatic heterocycles. The van der Waals surface area contributed by atoms with Crippen molar-refractivity contribution in [3.8, 4) is 22.4 Å². The number of fused-ring (bicyclic) bond motifs is 3. The van der Waals surface area contributed by atoms with Crippen molar-refractivity contribution >= 4 is 22.7 Å². The summed E-state index contributed by atoms with van der Waals surface area (Å²) in [7, 11) is 0. The Kier molecular flexibility index (Phi) is 5.41. The summed E-state index contributed by atoms with van der Waals surface area (Å²) in [4.78, 5) is 31.7. The third kappa shape index (κ3) is 3.66. The monoisotopic (exact) mass is 431 g/mol. The lowest BCUT2D eigenvalue weighted by Crippen LogP contribution is -2.06. The third-order valence-corrected chi connectivity index (χ3v) is 5.66. The van der Waals surface area contributed by atoms with Gasteiger partial charge in [-0.15, -0.1) is 0 Å². The number of carbonyl (C=O) groups is 2. The van der Waals surface area contributed by atoms with Crippen molar-refractivity contribution < 1.29 is 14.3 Å². The van der Waals surface area contributed by atoms with Gasteiger partial charge in [0.05, 0.1) is 23.4 Å². The molecule has 0 saturated carbocycles. The van der Waals surface area contributed by atoms with Crippen LogP contribution in [0.3, 0.4) is 0 Å². The largest absolute Gasteiger partial charge is 0.462 e. The topological polar surface area (TPSA) is 56.3 Å². The maximum atomic E-state index is 13.7. The molecule has 1 aromatic heterocycles. The lowest BCUT2D eigenvalue weighted by molar-refractivity contribution is 0.0529. The summed E-state index contributed by atoms with van der Waals surface area (Å²) in [6.07, 6.45) is 0. The van der Waals surface area contributed by atoms with Gasteiger partial charge in [0, 0.05) is 22.1 Å². The predicted octanol–water partition coefficient (Wildman–Crippen LogP) is 6.41. The Morgan fingerprint density at radius 3 is 2.06 bits per heavy atom. The van der Waals surface area contributed by atoms with Gasteiger partial charge in [-0.05, 0) is 24.1 Å². The zero-order chi connectivity index (χ0) is 22.8. The fourth-order valence-electron chi connectivity index (χ4n) is 4.20. The van der Waals surface area contributed by atoms with E-state index in [1.54, 1.807) is 19.1 Å². The second kappa shape index (κ2) is 8.67. The van der Waals surface area contributed by atoms with Crippen LogP contribution < -0.4 is 0 Å². The first-order chi connectivity index (χ1) is 16.2. The van der Waals surface area contributed by atoms with Gasteiger partial charge in [-0.2, -0.15) is 0 Å². The van der Waals surface area contributed by atoms with Crippen molar-refractivity contribution in [1.82, 2.24) is 4.98 Å². The molecule has 33 heavy (non-hydrogen) atoms. The molecule has 0 amide bonds. The second-order valence-corrected chi connectivity index (χ2v) is 7.67. The first-order valence-corrected chi connectivity index (χ1v) is 10.9. The molecule has 0 radical (unpaired) electrons. The number of nitrogens with zero attached hydrogens (tertiary/aromatic N) is 1. The number of benzene rings is 2. The number of pyridine rings is 1. The maximum Gasteiger partial charge on any atom is 0.340 e. The van der Waals surface area contributed by atoms with Crippen molar-refractivity contribution in [2.24, 2.45) is 0 Å². The molecule has 0 fully saturated rings. The van der Waals surface area contributed by atoms with E-state index in [0.29, 0.717) is 38.9 Å². The molecule has 4 heteroatoms. The van der Waals surface area contributed by atoms with E-state index in [9.17, 15) is 9.59 Å². The van der Waals surface area contributed by atoms with Crippen molar-refractivity contribution in [3.05, 3.63) is 114 Å². The minimum Gasteiger partial charge on any atom is -0.462 e. The zero-order valence-corrected chi connectivity index (χ0v) is 18.1. The van der Waals surface area contributed by atoms with Crippen LogP contribution in [0.15, 0.2) is 97.1 Å². The molecular formula is C29H21NO3. The molecule has 1 heterocycles. The number of aromatic nitrogens is 1. The number of hydrogen-bond donors (Lipinski definition) is 0. The molecule has 5 rings (SSSR count). The Morgan fingerprint density at radius 2 is 1.39 bits per heavy atom. The number of ether oxygens (including phenoxy) is 1. The quantitative estimate of drug-likeness (QED) is 0.238. The summed E-state index contributed by atoms with van der Waals surface area (Å²) in [6, 6.07) is 30.1. The highest BCUT2D eigenvalue weighted by Gasteiger charge is 2.29. The highest BCUT2D eigenvalue weighted by Crippen LogP contribution is 2.41.